The van der Waals surface area contributed by atoms with Crippen molar-refractivity contribution in [3.8, 4) is 0 Å². The Morgan fingerprint density at radius 3 is 2.54 bits per heavy atom. The van der Waals surface area contributed by atoms with Gasteiger partial charge < -0.3 is 0 Å². The minimum atomic E-state index is 0.762. The van der Waals surface area contributed by atoms with Crippen LogP contribution >= 0.6 is 0 Å². The third-order valence-electron chi connectivity index (χ3n) is 4.66. The van der Waals surface area contributed by atoms with Crippen molar-refractivity contribution in [2.24, 2.45) is 5.10 Å². The van der Waals surface area contributed by atoms with Crippen molar-refractivity contribution in [3.63, 3.8) is 0 Å². The molecule has 3 aromatic carbocycles. The molecule has 1 aromatic heterocycles. The van der Waals surface area contributed by atoms with Crippen molar-refractivity contribution < 1.29 is 0 Å². The molecule has 0 radical (unpaired) electrons. The second-order valence-corrected chi connectivity index (χ2v) is 6.74. The molecule has 0 atom stereocenters. The maximum atomic E-state index is 4.75. The van der Waals surface area contributed by atoms with Crippen molar-refractivity contribution in [2.75, 3.05) is 5.43 Å². The molecule has 0 aliphatic heterocycles. The highest BCUT2D eigenvalue weighted by atomic mass is 15.3. The first kappa shape index (κ1) is 16.3. The average Bonchev–Trinajstić information content (AvgIpc) is 2.63. The van der Waals surface area contributed by atoms with Gasteiger partial charge in [0.2, 0.25) is 0 Å². The quantitative estimate of drug-likeness (QED) is 0.380. The molecule has 0 saturated heterocycles. The van der Waals surface area contributed by atoms with Gasteiger partial charge in [-0.25, -0.2) is 4.98 Å². The minimum Gasteiger partial charge on any atom is -0.261 e. The highest BCUT2D eigenvalue weighted by molar-refractivity contribution is 5.99. The van der Waals surface area contributed by atoms with Crippen LogP contribution in [0.2, 0.25) is 0 Å². The van der Waals surface area contributed by atoms with Gasteiger partial charge in [0, 0.05) is 10.9 Å². The summed E-state index contributed by atoms with van der Waals surface area (Å²) in [6, 6.07) is 20.9. The first-order chi connectivity index (χ1) is 12.6. The summed E-state index contributed by atoms with van der Waals surface area (Å²) in [6.07, 6.45) is 1.85. The zero-order chi connectivity index (χ0) is 18.1. The molecule has 4 rings (SSSR count). The number of hydrogen-bond donors (Lipinski definition) is 1. The Morgan fingerprint density at radius 2 is 1.65 bits per heavy atom. The fraction of sp³-hybridized carbons (Fsp3) is 0.130. The summed E-state index contributed by atoms with van der Waals surface area (Å²) in [5, 5.41) is 8.02. The van der Waals surface area contributed by atoms with E-state index in [1.165, 1.54) is 32.8 Å². The van der Waals surface area contributed by atoms with Crippen molar-refractivity contribution >= 4 is 33.7 Å². The Morgan fingerprint density at radius 1 is 0.846 bits per heavy atom. The van der Waals surface area contributed by atoms with Crippen LogP contribution in [0.5, 0.6) is 0 Å². The molecular weight excluding hydrogens is 318 g/mol. The smallest absolute Gasteiger partial charge is 0.147 e. The summed E-state index contributed by atoms with van der Waals surface area (Å²) >= 11 is 0. The van der Waals surface area contributed by atoms with E-state index < -0.39 is 0 Å². The van der Waals surface area contributed by atoms with Crippen molar-refractivity contribution in [3.05, 3.63) is 82.9 Å². The standard InChI is InChI=1S/C23H21N3/c1-15-11-17(3)23-21(12-15)16(2)13-22(25-23)26-24-14-19-9-6-8-18-7-4-5-10-20(18)19/h4-14H,1-3H3,(H,25,26). The number of benzene rings is 3. The van der Waals surface area contributed by atoms with E-state index in [2.05, 4.69) is 67.7 Å². The molecule has 1 heterocycles. The Balaban J connectivity index is 1.66. The Kier molecular flexibility index (Phi) is 4.13. The molecule has 3 heteroatoms. The van der Waals surface area contributed by atoms with Crippen LogP contribution in [-0.4, -0.2) is 11.2 Å². The second kappa shape index (κ2) is 6.60. The molecule has 0 amide bonds. The van der Waals surface area contributed by atoms with E-state index >= 15 is 0 Å². The SMILES string of the molecule is Cc1cc(C)c2nc(NN=Cc3cccc4ccccc34)cc(C)c2c1. The van der Waals surface area contributed by atoms with E-state index in [-0.39, 0.29) is 0 Å². The van der Waals surface area contributed by atoms with Gasteiger partial charge in [-0.05, 0) is 54.8 Å². The zero-order valence-electron chi connectivity index (χ0n) is 15.2. The van der Waals surface area contributed by atoms with Crippen molar-refractivity contribution in [1.82, 2.24) is 4.98 Å². The number of hydrogen-bond acceptors (Lipinski definition) is 3. The summed E-state index contributed by atoms with van der Waals surface area (Å²) in [6.45, 7) is 6.33. The van der Waals surface area contributed by atoms with Gasteiger partial charge in [0.1, 0.15) is 5.82 Å². The van der Waals surface area contributed by atoms with Crippen LogP contribution in [0.1, 0.15) is 22.3 Å². The molecule has 4 aromatic rings. The maximum absolute atomic E-state index is 4.75. The van der Waals surface area contributed by atoms with E-state index in [1.54, 1.807) is 0 Å². The molecular formula is C23H21N3. The highest BCUT2D eigenvalue weighted by Gasteiger charge is 2.06. The highest BCUT2D eigenvalue weighted by Crippen LogP contribution is 2.24. The number of aryl methyl sites for hydroxylation is 3. The van der Waals surface area contributed by atoms with Gasteiger partial charge in [-0.2, -0.15) is 5.10 Å². The first-order valence-electron chi connectivity index (χ1n) is 8.77. The van der Waals surface area contributed by atoms with Crippen LogP contribution in [0.15, 0.2) is 65.8 Å². The third-order valence-corrected chi connectivity index (χ3v) is 4.66. The molecule has 0 fully saturated rings. The van der Waals surface area contributed by atoms with Crippen molar-refractivity contribution in [1.29, 1.82) is 0 Å². The molecule has 0 saturated carbocycles. The monoisotopic (exact) mass is 339 g/mol. The molecule has 0 aliphatic rings. The predicted molar refractivity (Wildman–Crippen MR) is 111 cm³/mol. The maximum Gasteiger partial charge on any atom is 0.147 e. The normalized spacial score (nSPS) is 11.5. The van der Waals surface area contributed by atoms with Gasteiger partial charge in [0.15, 0.2) is 0 Å². The summed E-state index contributed by atoms with van der Waals surface area (Å²) < 4.78 is 0. The molecule has 0 bridgehead atoms. The third kappa shape index (κ3) is 3.04. The van der Waals surface area contributed by atoms with Gasteiger partial charge in [-0.1, -0.05) is 54.1 Å². The number of aromatic nitrogens is 1. The van der Waals surface area contributed by atoms with E-state index in [1.807, 2.05) is 30.5 Å². The summed E-state index contributed by atoms with van der Waals surface area (Å²) in [7, 11) is 0. The lowest BCUT2D eigenvalue weighted by Crippen LogP contribution is -1.97. The van der Waals surface area contributed by atoms with Crippen LogP contribution in [0.25, 0.3) is 21.7 Å². The fourth-order valence-corrected chi connectivity index (χ4v) is 3.43. The number of fused-ring (bicyclic) bond motifs is 2. The van der Waals surface area contributed by atoms with Crippen LogP contribution in [0.4, 0.5) is 5.82 Å². The van der Waals surface area contributed by atoms with Crippen LogP contribution in [0.3, 0.4) is 0 Å². The van der Waals surface area contributed by atoms with Gasteiger partial charge in [0.05, 0.1) is 11.7 Å². The summed E-state index contributed by atoms with van der Waals surface area (Å²) in [4.78, 5) is 4.75. The summed E-state index contributed by atoms with van der Waals surface area (Å²) in [5.74, 6) is 0.762. The van der Waals surface area contributed by atoms with E-state index in [9.17, 15) is 0 Å². The lowest BCUT2D eigenvalue weighted by atomic mass is 10.0. The fourth-order valence-electron chi connectivity index (χ4n) is 3.43. The lowest BCUT2D eigenvalue weighted by Gasteiger charge is -2.09. The van der Waals surface area contributed by atoms with Gasteiger partial charge >= 0.3 is 0 Å². The Bertz CT molecular complexity index is 1140. The number of nitrogens with zero attached hydrogens (tertiary/aromatic N) is 2. The zero-order valence-corrected chi connectivity index (χ0v) is 15.2. The molecule has 0 aliphatic carbocycles. The van der Waals surface area contributed by atoms with E-state index in [0.717, 1.165) is 16.9 Å². The molecule has 3 nitrogen and oxygen atoms in total. The number of rotatable bonds is 3. The van der Waals surface area contributed by atoms with Crippen LogP contribution in [-0.2, 0) is 0 Å². The predicted octanol–water partition coefficient (Wildman–Crippen LogP) is 5.76. The van der Waals surface area contributed by atoms with Crippen molar-refractivity contribution in [2.45, 2.75) is 20.8 Å². The first-order valence-corrected chi connectivity index (χ1v) is 8.77. The van der Waals surface area contributed by atoms with Crippen LogP contribution < -0.4 is 5.43 Å². The number of anilines is 1. The minimum absolute atomic E-state index is 0.762. The Labute approximate surface area is 153 Å². The molecule has 0 spiro atoms. The second-order valence-electron chi connectivity index (χ2n) is 6.74. The number of pyridine rings is 1. The van der Waals surface area contributed by atoms with E-state index in [0.29, 0.717) is 0 Å². The van der Waals surface area contributed by atoms with Gasteiger partial charge in [-0.15, -0.1) is 0 Å². The molecule has 1 N–H and O–H groups in total. The lowest BCUT2D eigenvalue weighted by molar-refractivity contribution is 1.24. The molecule has 26 heavy (non-hydrogen) atoms. The number of hydrazone groups is 1. The van der Waals surface area contributed by atoms with Crippen LogP contribution in [0, 0.1) is 20.8 Å². The molecule has 0 unspecified atom stereocenters. The number of nitrogens with one attached hydrogen (secondary N) is 1. The summed E-state index contributed by atoms with van der Waals surface area (Å²) in [5.41, 5.74) is 8.84. The van der Waals surface area contributed by atoms with E-state index in [4.69, 9.17) is 4.98 Å². The largest absolute Gasteiger partial charge is 0.261 e. The van der Waals surface area contributed by atoms with Gasteiger partial charge in [0.25, 0.3) is 0 Å². The average molecular weight is 339 g/mol. The Hall–Kier alpha value is -3.20. The van der Waals surface area contributed by atoms with Gasteiger partial charge in [-0.3, -0.25) is 5.43 Å². The topological polar surface area (TPSA) is 37.3 Å². The molecule has 128 valence electrons.